The molecule has 0 fully saturated rings. The number of carbonyl (C=O) groups is 1. The maximum atomic E-state index is 14.9. The summed E-state index contributed by atoms with van der Waals surface area (Å²) in [7, 11) is 0. The van der Waals surface area contributed by atoms with Gasteiger partial charge in [-0.3, -0.25) is 4.79 Å². The van der Waals surface area contributed by atoms with Crippen LogP contribution in [0.3, 0.4) is 0 Å². The quantitative estimate of drug-likeness (QED) is 0.448. The third-order valence-corrected chi connectivity index (χ3v) is 8.81. The minimum atomic E-state index is -0.153. The highest BCUT2D eigenvalue weighted by Crippen LogP contribution is 2.51. The van der Waals surface area contributed by atoms with Crippen LogP contribution in [0.2, 0.25) is 0 Å². The van der Waals surface area contributed by atoms with Crippen molar-refractivity contribution < 1.29 is 4.79 Å². The maximum Gasteiger partial charge on any atom is 0.148 e. The Kier molecular flexibility index (Phi) is 5.99. The number of hydrogen-bond acceptors (Lipinski definition) is 1. The first kappa shape index (κ1) is 25.2. The lowest BCUT2D eigenvalue weighted by Gasteiger charge is -2.39. The number of rotatable bonds is 4. The fourth-order valence-electron chi connectivity index (χ4n) is 6.98. The minimum absolute atomic E-state index is 0.120. The topological polar surface area (TPSA) is 17.1 Å². The zero-order chi connectivity index (χ0) is 25.3. The predicted octanol–water partition coefficient (Wildman–Crippen LogP) is 8.66. The molecule has 1 heteroatoms. The third kappa shape index (κ3) is 4.18. The average molecular weight is 459 g/mol. The molecule has 2 aliphatic rings. The maximum absolute atomic E-state index is 14.9. The van der Waals surface area contributed by atoms with E-state index in [1.165, 1.54) is 33.4 Å². The van der Waals surface area contributed by atoms with Crippen LogP contribution in [0.1, 0.15) is 127 Å². The lowest BCUT2D eigenvalue weighted by Crippen LogP contribution is -2.37. The normalized spacial score (nSPS) is 20.5. The summed E-state index contributed by atoms with van der Waals surface area (Å²) >= 11 is 0. The molecule has 0 N–H and O–H groups in total. The largest absolute Gasteiger partial charge is 0.298 e. The molecule has 4 rings (SSSR count). The summed E-state index contributed by atoms with van der Waals surface area (Å²) in [6, 6.07) is 13.5. The second kappa shape index (κ2) is 8.07. The van der Waals surface area contributed by atoms with Crippen LogP contribution in [0.5, 0.6) is 0 Å². The molecule has 0 spiro atoms. The third-order valence-electron chi connectivity index (χ3n) is 8.81. The second-order valence-corrected chi connectivity index (χ2v) is 14.5. The van der Waals surface area contributed by atoms with Gasteiger partial charge in [0, 0.05) is 11.8 Å². The molecule has 0 amide bonds. The molecule has 0 bridgehead atoms. The number of Topliss-reactive ketones (excluding diaryl/α,β-unsaturated/α-hetero) is 1. The molecule has 34 heavy (non-hydrogen) atoms. The Labute approximate surface area is 208 Å². The van der Waals surface area contributed by atoms with Gasteiger partial charge in [0.05, 0.1) is 0 Å². The zero-order valence-corrected chi connectivity index (χ0v) is 23.4. The van der Waals surface area contributed by atoms with Crippen molar-refractivity contribution in [2.24, 2.45) is 10.8 Å². The van der Waals surface area contributed by atoms with E-state index in [1.807, 2.05) is 0 Å². The van der Waals surface area contributed by atoms with Crippen LogP contribution in [0.25, 0.3) is 0 Å². The highest BCUT2D eigenvalue weighted by atomic mass is 16.1. The van der Waals surface area contributed by atoms with E-state index >= 15 is 0 Å². The molecule has 0 saturated heterocycles. The summed E-state index contributed by atoms with van der Waals surface area (Å²) < 4.78 is 0. The van der Waals surface area contributed by atoms with Gasteiger partial charge in [0.25, 0.3) is 0 Å². The van der Waals surface area contributed by atoms with E-state index in [0.717, 1.165) is 25.7 Å². The first-order valence-corrected chi connectivity index (χ1v) is 13.3. The molecule has 2 unspecified atom stereocenters. The van der Waals surface area contributed by atoms with Crippen LogP contribution in [0.15, 0.2) is 36.4 Å². The molecule has 0 heterocycles. The first-order valence-electron chi connectivity index (χ1n) is 13.3. The summed E-state index contributed by atoms with van der Waals surface area (Å²) in [4.78, 5) is 14.9. The number of hydrogen-bond donors (Lipinski definition) is 0. The Bertz CT molecular complexity index is 1010. The van der Waals surface area contributed by atoms with Gasteiger partial charge in [-0.25, -0.2) is 0 Å². The van der Waals surface area contributed by atoms with Gasteiger partial charge in [-0.05, 0) is 80.7 Å². The van der Waals surface area contributed by atoms with Crippen molar-refractivity contribution in [1.82, 2.24) is 0 Å². The molecule has 2 atom stereocenters. The molecule has 2 aliphatic carbocycles. The van der Waals surface area contributed by atoms with Gasteiger partial charge in [-0.1, -0.05) is 106 Å². The van der Waals surface area contributed by atoms with Gasteiger partial charge in [0.1, 0.15) is 5.78 Å². The summed E-state index contributed by atoms with van der Waals surface area (Å²) in [5, 5.41) is 0. The summed E-state index contributed by atoms with van der Waals surface area (Å²) in [5.41, 5.74) is 8.40. The first-order chi connectivity index (χ1) is 15.6. The molecule has 2 aromatic carbocycles. The Morgan fingerprint density at radius 3 is 1.35 bits per heavy atom. The van der Waals surface area contributed by atoms with E-state index in [1.54, 1.807) is 0 Å². The van der Waals surface area contributed by atoms with Crippen molar-refractivity contribution in [2.45, 2.75) is 118 Å². The van der Waals surface area contributed by atoms with E-state index in [4.69, 9.17) is 0 Å². The fourth-order valence-corrected chi connectivity index (χ4v) is 6.98. The number of benzene rings is 2. The highest BCUT2D eigenvalue weighted by Gasteiger charge is 2.45. The molecule has 0 aromatic heterocycles. The van der Waals surface area contributed by atoms with Crippen molar-refractivity contribution in [2.75, 3.05) is 0 Å². The number of carbonyl (C=O) groups excluding carboxylic acids is 1. The van der Waals surface area contributed by atoms with E-state index in [2.05, 4.69) is 106 Å². The van der Waals surface area contributed by atoms with Crippen molar-refractivity contribution in [3.63, 3.8) is 0 Å². The van der Waals surface area contributed by atoms with Crippen LogP contribution in [0, 0.1) is 10.8 Å². The molecule has 0 radical (unpaired) electrons. The van der Waals surface area contributed by atoms with Gasteiger partial charge < -0.3 is 0 Å². The zero-order valence-electron chi connectivity index (χ0n) is 23.4. The average Bonchev–Trinajstić information content (AvgIpc) is 3.17. The Morgan fingerprint density at radius 2 is 1.03 bits per heavy atom. The van der Waals surface area contributed by atoms with Crippen LogP contribution in [-0.2, 0) is 28.5 Å². The van der Waals surface area contributed by atoms with Crippen molar-refractivity contribution in [1.29, 1.82) is 0 Å². The highest BCUT2D eigenvalue weighted by molar-refractivity contribution is 5.94. The molecule has 1 nitrogen and oxygen atoms in total. The van der Waals surface area contributed by atoms with Gasteiger partial charge in [-0.15, -0.1) is 0 Å². The number of ketones is 1. The van der Waals surface area contributed by atoms with E-state index in [-0.39, 0.29) is 33.5 Å². The Balaban J connectivity index is 1.89. The van der Waals surface area contributed by atoms with Gasteiger partial charge in [0.2, 0.25) is 0 Å². The smallest absolute Gasteiger partial charge is 0.148 e. The lowest BCUT2D eigenvalue weighted by atomic mass is 9.63. The monoisotopic (exact) mass is 458 g/mol. The van der Waals surface area contributed by atoms with Crippen molar-refractivity contribution in [3.05, 3.63) is 69.8 Å². The van der Waals surface area contributed by atoms with Crippen LogP contribution in [-0.4, -0.2) is 5.78 Å². The molecular formula is C33H46O. The molecule has 0 aliphatic heterocycles. The standard InChI is InChI=1S/C33H46O/c1-30(2,3)27(23-13-11-15-25-21(23)17-19-32(25,7)8)29(34)28(31(4,5)6)24-14-12-16-26-22(24)18-20-33(26,9)10/h11-16,27-28H,17-20H2,1-10H3. The van der Waals surface area contributed by atoms with E-state index in [0.29, 0.717) is 5.78 Å². The summed E-state index contributed by atoms with van der Waals surface area (Å²) in [6.07, 6.45) is 4.48. The van der Waals surface area contributed by atoms with Crippen molar-refractivity contribution >= 4 is 5.78 Å². The summed E-state index contributed by atoms with van der Waals surface area (Å²) in [5.74, 6) is 0.160. The molecule has 0 saturated carbocycles. The molecule has 184 valence electrons. The van der Waals surface area contributed by atoms with Crippen molar-refractivity contribution in [3.8, 4) is 0 Å². The SMILES string of the molecule is CC1(C)CCc2c(C(C(=O)C(c3cccc4c3CCC4(C)C)C(C)(C)C)C(C)(C)C)cccc21. The molecular weight excluding hydrogens is 412 g/mol. The Morgan fingerprint density at radius 1 is 0.676 bits per heavy atom. The lowest BCUT2D eigenvalue weighted by molar-refractivity contribution is -0.126. The van der Waals surface area contributed by atoms with Gasteiger partial charge in [0.15, 0.2) is 0 Å². The van der Waals surface area contributed by atoms with Crippen LogP contribution >= 0.6 is 0 Å². The van der Waals surface area contributed by atoms with Gasteiger partial charge >= 0.3 is 0 Å². The Hall–Kier alpha value is -1.89. The fraction of sp³-hybridized carbons (Fsp3) is 0.606. The van der Waals surface area contributed by atoms with E-state index in [9.17, 15) is 4.79 Å². The number of fused-ring (bicyclic) bond motifs is 2. The van der Waals surface area contributed by atoms with Crippen LogP contribution in [0.4, 0.5) is 0 Å². The van der Waals surface area contributed by atoms with Crippen LogP contribution < -0.4 is 0 Å². The predicted molar refractivity (Wildman–Crippen MR) is 145 cm³/mol. The summed E-state index contributed by atoms with van der Waals surface area (Å²) in [6.45, 7) is 22.9. The minimum Gasteiger partial charge on any atom is -0.298 e. The second-order valence-electron chi connectivity index (χ2n) is 14.5. The van der Waals surface area contributed by atoms with Gasteiger partial charge in [-0.2, -0.15) is 0 Å². The van der Waals surface area contributed by atoms with E-state index < -0.39 is 0 Å². The molecule has 2 aromatic rings.